The zero-order chi connectivity index (χ0) is 13.5. The van der Waals surface area contributed by atoms with E-state index in [4.69, 9.17) is 0 Å². The molecule has 0 amide bonds. The van der Waals surface area contributed by atoms with Gasteiger partial charge in [0.2, 0.25) is 0 Å². The van der Waals surface area contributed by atoms with Crippen LogP contribution in [0.2, 0.25) is 0 Å². The van der Waals surface area contributed by atoms with Gasteiger partial charge in [-0.25, -0.2) is 0 Å². The molecule has 2 N–H and O–H groups in total. The van der Waals surface area contributed by atoms with E-state index in [9.17, 15) is 0 Å². The summed E-state index contributed by atoms with van der Waals surface area (Å²) in [7, 11) is 0. The molecule has 0 unspecified atom stereocenters. The van der Waals surface area contributed by atoms with Crippen LogP contribution in [-0.2, 0) is 0 Å². The lowest BCUT2D eigenvalue weighted by Crippen LogP contribution is -2.31. The van der Waals surface area contributed by atoms with E-state index in [0.29, 0.717) is 6.04 Å². The molecular weight excluding hydrogens is 220 g/mol. The standard InChI is InChI=1S/C16H26N2/c1-12(2)16(18-11-10-17-13(3)4)15-9-7-6-8-14(15)5/h6-9,13,17-18H,10-11H2,1-5H3. The second-order valence-electron chi connectivity index (χ2n) is 5.23. The molecule has 0 aliphatic carbocycles. The highest BCUT2D eigenvalue weighted by Gasteiger charge is 2.05. The van der Waals surface area contributed by atoms with Gasteiger partial charge in [-0.15, -0.1) is 0 Å². The molecule has 0 saturated carbocycles. The molecular formula is C16H26N2. The maximum absolute atomic E-state index is 3.55. The molecule has 1 aromatic rings. The summed E-state index contributed by atoms with van der Waals surface area (Å²) >= 11 is 0. The number of benzene rings is 1. The summed E-state index contributed by atoms with van der Waals surface area (Å²) in [6.07, 6.45) is 0. The molecule has 0 spiro atoms. The van der Waals surface area contributed by atoms with Crippen LogP contribution in [-0.4, -0.2) is 19.1 Å². The van der Waals surface area contributed by atoms with Crippen LogP contribution in [0.25, 0.3) is 5.70 Å². The smallest absolute Gasteiger partial charge is 0.0403 e. The number of nitrogens with one attached hydrogen (secondary N) is 2. The minimum atomic E-state index is 0.542. The highest BCUT2D eigenvalue weighted by molar-refractivity contribution is 5.68. The van der Waals surface area contributed by atoms with Gasteiger partial charge in [0.05, 0.1) is 0 Å². The van der Waals surface area contributed by atoms with Gasteiger partial charge >= 0.3 is 0 Å². The molecule has 0 aromatic heterocycles. The molecule has 0 fully saturated rings. The van der Waals surface area contributed by atoms with Crippen LogP contribution in [0.5, 0.6) is 0 Å². The van der Waals surface area contributed by atoms with Crippen LogP contribution >= 0.6 is 0 Å². The fourth-order valence-corrected chi connectivity index (χ4v) is 1.94. The van der Waals surface area contributed by atoms with Crippen LogP contribution in [0.15, 0.2) is 29.8 Å². The van der Waals surface area contributed by atoms with Crippen molar-refractivity contribution in [3.05, 3.63) is 41.0 Å². The van der Waals surface area contributed by atoms with Gasteiger partial charge in [0, 0.05) is 30.4 Å². The number of rotatable bonds is 6. The van der Waals surface area contributed by atoms with Crippen LogP contribution < -0.4 is 10.6 Å². The Morgan fingerprint density at radius 3 is 2.33 bits per heavy atom. The van der Waals surface area contributed by atoms with Gasteiger partial charge in [0.1, 0.15) is 0 Å². The summed E-state index contributed by atoms with van der Waals surface area (Å²) in [5, 5.41) is 6.97. The first-order chi connectivity index (χ1) is 8.52. The third-order valence-electron chi connectivity index (χ3n) is 2.89. The van der Waals surface area contributed by atoms with Gasteiger partial charge in [-0.2, -0.15) is 0 Å². The Labute approximate surface area is 111 Å². The molecule has 0 atom stereocenters. The lowest BCUT2D eigenvalue weighted by Gasteiger charge is -2.16. The van der Waals surface area contributed by atoms with Gasteiger partial charge in [0.25, 0.3) is 0 Å². The highest BCUT2D eigenvalue weighted by Crippen LogP contribution is 2.19. The van der Waals surface area contributed by atoms with E-state index in [1.54, 1.807) is 0 Å². The monoisotopic (exact) mass is 246 g/mol. The number of hydrogen-bond acceptors (Lipinski definition) is 2. The van der Waals surface area contributed by atoms with Crippen LogP contribution in [0, 0.1) is 6.92 Å². The van der Waals surface area contributed by atoms with E-state index >= 15 is 0 Å². The summed E-state index contributed by atoms with van der Waals surface area (Å²) in [5.41, 5.74) is 5.22. The first kappa shape index (κ1) is 14.8. The van der Waals surface area contributed by atoms with E-state index in [1.807, 2.05) is 0 Å². The minimum Gasteiger partial charge on any atom is -0.383 e. The molecule has 1 rings (SSSR count). The molecule has 0 radical (unpaired) electrons. The van der Waals surface area contributed by atoms with Gasteiger partial charge in [-0.1, -0.05) is 43.7 Å². The lowest BCUT2D eigenvalue weighted by atomic mass is 10.0. The van der Waals surface area contributed by atoms with Crippen molar-refractivity contribution < 1.29 is 0 Å². The lowest BCUT2D eigenvalue weighted by molar-refractivity contribution is 0.582. The highest BCUT2D eigenvalue weighted by atomic mass is 15.0. The predicted molar refractivity (Wildman–Crippen MR) is 80.6 cm³/mol. The van der Waals surface area contributed by atoms with E-state index in [-0.39, 0.29) is 0 Å². The third kappa shape index (κ3) is 4.53. The maximum atomic E-state index is 3.55. The topological polar surface area (TPSA) is 24.1 Å². The maximum Gasteiger partial charge on any atom is 0.0403 e. The summed E-state index contributed by atoms with van der Waals surface area (Å²) in [4.78, 5) is 0. The van der Waals surface area contributed by atoms with Crippen molar-refractivity contribution in [2.24, 2.45) is 0 Å². The quantitative estimate of drug-likeness (QED) is 0.752. The van der Waals surface area contributed by atoms with Crippen molar-refractivity contribution in [1.82, 2.24) is 10.6 Å². The van der Waals surface area contributed by atoms with E-state index in [1.165, 1.54) is 22.4 Å². The van der Waals surface area contributed by atoms with Crippen molar-refractivity contribution in [3.63, 3.8) is 0 Å². The Balaban J connectivity index is 2.69. The summed E-state index contributed by atoms with van der Waals surface area (Å²) in [5.74, 6) is 0. The zero-order valence-electron chi connectivity index (χ0n) is 12.3. The normalized spacial score (nSPS) is 10.6. The number of aryl methyl sites for hydroxylation is 1. The molecule has 100 valence electrons. The average Bonchev–Trinajstić information content (AvgIpc) is 2.30. The summed E-state index contributed by atoms with van der Waals surface area (Å²) < 4.78 is 0. The molecule has 0 bridgehead atoms. The van der Waals surface area contributed by atoms with Gasteiger partial charge in [0.15, 0.2) is 0 Å². The first-order valence-electron chi connectivity index (χ1n) is 6.73. The number of allylic oxidation sites excluding steroid dienone is 1. The Bertz CT molecular complexity index is 401. The third-order valence-corrected chi connectivity index (χ3v) is 2.89. The molecule has 2 heteroatoms. The minimum absolute atomic E-state index is 0.542. The molecule has 0 heterocycles. The van der Waals surface area contributed by atoms with Gasteiger partial charge < -0.3 is 10.6 Å². The van der Waals surface area contributed by atoms with E-state index in [0.717, 1.165) is 13.1 Å². The first-order valence-corrected chi connectivity index (χ1v) is 6.73. The van der Waals surface area contributed by atoms with Crippen molar-refractivity contribution in [2.75, 3.05) is 13.1 Å². The van der Waals surface area contributed by atoms with Gasteiger partial charge in [-0.3, -0.25) is 0 Å². The molecule has 0 aliphatic rings. The Morgan fingerprint density at radius 2 is 1.78 bits per heavy atom. The molecule has 18 heavy (non-hydrogen) atoms. The predicted octanol–water partition coefficient (Wildman–Crippen LogP) is 3.33. The second-order valence-corrected chi connectivity index (χ2v) is 5.23. The van der Waals surface area contributed by atoms with Crippen LogP contribution in [0.3, 0.4) is 0 Å². The van der Waals surface area contributed by atoms with E-state index < -0.39 is 0 Å². The molecule has 0 saturated heterocycles. The fraction of sp³-hybridized carbons (Fsp3) is 0.500. The fourth-order valence-electron chi connectivity index (χ4n) is 1.94. The summed E-state index contributed by atoms with van der Waals surface area (Å²) in [6.45, 7) is 12.8. The van der Waals surface area contributed by atoms with Crippen molar-refractivity contribution in [1.29, 1.82) is 0 Å². The Morgan fingerprint density at radius 1 is 1.11 bits per heavy atom. The van der Waals surface area contributed by atoms with Crippen molar-refractivity contribution in [2.45, 2.75) is 40.7 Å². The Hall–Kier alpha value is -1.28. The summed E-state index contributed by atoms with van der Waals surface area (Å²) in [6, 6.07) is 9.06. The average molecular weight is 246 g/mol. The molecule has 2 nitrogen and oxygen atoms in total. The number of hydrogen-bond donors (Lipinski definition) is 2. The van der Waals surface area contributed by atoms with Crippen molar-refractivity contribution >= 4 is 5.70 Å². The van der Waals surface area contributed by atoms with Gasteiger partial charge in [-0.05, 0) is 26.3 Å². The van der Waals surface area contributed by atoms with Crippen LogP contribution in [0.1, 0.15) is 38.8 Å². The molecule has 0 aliphatic heterocycles. The molecule has 1 aromatic carbocycles. The van der Waals surface area contributed by atoms with Crippen LogP contribution in [0.4, 0.5) is 0 Å². The van der Waals surface area contributed by atoms with Crippen molar-refractivity contribution in [3.8, 4) is 0 Å². The Kier molecular flexibility index (Phi) is 5.93. The SMILES string of the molecule is CC(C)=C(NCCNC(C)C)c1ccccc1C. The van der Waals surface area contributed by atoms with E-state index in [2.05, 4.69) is 69.5 Å². The second kappa shape index (κ2) is 7.22. The largest absolute Gasteiger partial charge is 0.383 e. The zero-order valence-corrected chi connectivity index (χ0v) is 12.3.